The standard InChI is InChI=1S/C30H30O8/c1-3-28(31)36-21-35-25-13-7-23(8-14-25)10-20-30(33)38-27-17-15-26(16-18-27)37-29(32)19-9-22-5-11-24(12-6-22)34-4-2/h3,5-8,11-18H,1,4,9-10,19-21H2,2H3. The topological polar surface area (TPSA) is 97.4 Å². The van der Waals surface area contributed by atoms with Crippen LogP contribution in [0.25, 0.3) is 0 Å². The zero-order chi connectivity index (χ0) is 27.2. The van der Waals surface area contributed by atoms with Crippen LogP contribution in [0.4, 0.5) is 0 Å². The van der Waals surface area contributed by atoms with Crippen LogP contribution in [0.1, 0.15) is 30.9 Å². The van der Waals surface area contributed by atoms with E-state index in [1.165, 1.54) is 0 Å². The summed E-state index contributed by atoms with van der Waals surface area (Å²) in [5.74, 6) is 0.771. The average molecular weight is 519 g/mol. The SMILES string of the molecule is C=CC(=O)OCOc1ccc(CCC(=O)Oc2ccc(OC(=O)CCc3ccc(OCC)cc3)cc2)cc1. The third-order valence-electron chi connectivity index (χ3n) is 5.27. The van der Waals surface area contributed by atoms with Crippen molar-refractivity contribution in [1.82, 2.24) is 0 Å². The van der Waals surface area contributed by atoms with E-state index in [2.05, 4.69) is 6.58 Å². The summed E-state index contributed by atoms with van der Waals surface area (Å²) in [6, 6.07) is 21.0. The van der Waals surface area contributed by atoms with E-state index < -0.39 is 5.97 Å². The van der Waals surface area contributed by atoms with Crippen LogP contribution < -0.4 is 18.9 Å². The highest BCUT2D eigenvalue weighted by molar-refractivity contribution is 5.81. The molecule has 3 rings (SSSR count). The minimum Gasteiger partial charge on any atom is -0.494 e. The molecule has 198 valence electrons. The summed E-state index contributed by atoms with van der Waals surface area (Å²) in [4.78, 5) is 35.4. The number of esters is 3. The molecular formula is C30H30O8. The van der Waals surface area contributed by atoms with E-state index in [1.807, 2.05) is 43.3 Å². The molecule has 3 aromatic rings. The van der Waals surface area contributed by atoms with Gasteiger partial charge in [-0.25, -0.2) is 4.79 Å². The molecule has 38 heavy (non-hydrogen) atoms. The van der Waals surface area contributed by atoms with E-state index >= 15 is 0 Å². The fourth-order valence-electron chi connectivity index (χ4n) is 3.32. The second kappa shape index (κ2) is 14.8. The molecule has 0 unspecified atom stereocenters. The molecule has 0 saturated heterocycles. The smallest absolute Gasteiger partial charge is 0.333 e. The number of rotatable bonds is 14. The molecule has 3 aromatic carbocycles. The van der Waals surface area contributed by atoms with Crippen molar-refractivity contribution in [3.05, 3.63) is 96.6 Å². The highest BCUT2D eigenvalue weighted by Gasteiger charge is 2.09. The lowest BCUT2D eigenvalue weighted by Gasteiger charge is -2.08. The van der Waals surface area contributed by atoms with Gasteiger partial charge in [0.1, 0.15) is 23.0 Å². The van der Waals surface area contributed by atoms with Crippen molar-refractivity contribution in [3.8, 4) is 23.0 Å². The zero-order valence-corrected chi connectivity index (χ0v) is 21.2. The molecule has 0 aromatic heterocycles. The first-order chi connectivity index (χ1) is 18.4. The maximum atomic E-state index is 12.2. The molecule has 0 aliphatic carbocycles. The largest absolute Gasteiger partial charge is 0.494 e. The summed E-state index contributed by atoms with van der Waals surface area (Å²) in [7, 11) is 0. The first-order valence-electron chi connectivity index (χ1n) is 12.2. The number of aryl methyl sites for hydroxylation is 2. The van der Waals surface area contributed by atoms with Gasteiger partial charge in [0, 0.05) is 18.9 Å². The molecule has 0 bridgehead atoms. The number of ether oxygens (including phenoxy) is 5. The van der Waals surface area contributed by atoms with Crippen molar-refractivity contribution in [2.24, 2.45) is 0 Å². The van der Waals surface area contributed by atoms with Crippen molar-refractivity contribution in [1.29, 1.82) is 0 Å². The molecular weight excluding hydrogens is 488 g/mol. The van der Waals surface area contributed by atoms with Gasteiger partial charge in [-0.3, -0.25) is 9.59 Å². The van der Waals surface area contributed by atoms with Crippen molar-refractivity contribution >= 4 is 17.9 Å². The van der Waals surface area contributed by atoms with Gasteiger partial charge < -0.3 is 23.7 Å². The molecule has 0 saturated carbocycles. The molecule has 0 fully saturated rings. The van der Waals surface area contributed by atoms with Crippen molar-refractivity contribution < 1.29 is 38.1 Å². The predicted molar refractivity (Wildman–Crippen MR) is 140 cm³/mol. The Balaban J connectivity index is 1.36. The molecule has 0 aliphatic heterocycles. The highest BCUT2D eigenvalue weighted by Crippen LogP contribution is 2.20. The summed E-state index contributed by atoms with van der Waals surface area (Å²) in [6.07, 6.45) is 2.51. The molecule has 8 nitrogen and oxygen atoms in total. The Morgan fingerprint density at radius 3 is 1.50 bits per heavy atom. The van der Waals surface area contributed by atoms with Crippen LogP contribution in [0.5, 0.6) is 23.0 Å². The van der Waals surface area contributed by atoms with Crippen molar-refractivity contribution in [3.63, 3.8) is 0 Å². The Morgan fingerprint density at radius 1 is 0.658 bits per heavy atom. The third-order valence-corrected chi connectivity index (χ3v) is 5.27. The Kier molecular flexibility index (Phi) is 10.9. The van der Waals surface area contributed by atoms with Crippen molar-refractivity contribution in [2.45, 2.75) is 32.6 Å². The summed E-state index contributed by atoms with van der Waals surface area (Å²) < 4.78 is 26.2. The summed E-state index contributed by atoms with van der Waals surface area (Å²) in [5.41, 5.74) is 1.94. The lowest BCUT2D eigenvalue weighted by atomic mass is 10.1. The second-order valence-electron chi connectivity index (χ2n) is 8.07. The van der Waals surface area contributed by atoms with Gasteiger partial charge in [0.25, 0.3) is 0 Å². The van der Waals surface area contributed by atoms with Crippen LogP contribution in [0.2, 0.25) is 0 Å². The summed E-state index contributed by atoms with van der Waals surface area (Å²) in [6.45, 7) is 5.63. The molecule has 0 amide bonds. The quantitative estimate of drug-likeness (QED) is 0.124. The van der Waals surface area contributed by atoms with E-state index in [4.69, 9.17) is 23.7 Å². The van der Waals surface area contributed by atoms with E-state index in [9.17, 15) is 14.4 Å². The van der Waals surface area contributed by atoms with Gasteiger partial charge in [0.05, 0.1) is 6.61 Å². The number of hydrogen-bond acceptors (Lipinski definition) is 8. The molecule has 0 aliphatic rings. The number of hydrogen-bond donors (Lipinski definition) is 0. The highest BCUT2D eigenvalue weighted by atomic mass is 16.7. The van der Waals surface area contributed by atoms with Gasteiger partial charge in [0.15, 0.2) is 0 Å². The van der Waals surface area contributed by atoms with Gasteiger partial charge in [-0.15, -0.1) is 0 Å². The second-order valence-corrected chi connectivity index (χ2v) is 8.07. The zero-order valence-electron chi connectivity index (χ0n) is 21.2. The number of carbonyl (C=O) groups excluding carboxylic acids is 3. The summed E-state index contributed by atoms with van der Waals surface area (Å²) >= 11 is 0. The van der Waals surface area contributed by atoms with Crippen LogP contribution in [0.15, 0.2) is 85.5 Å². The summed E-state index contributed by atoms with van der Waals surface area (Å²) in [5, 5.41) is 0. The fraction of sp³-hybridized carbons (Fsp3) is 0.233. The fourth-order valence-corrected chi connectivity index (χ4v) is 3.32. The van der Waals surface area contributed by atoms with Gasteiger partial charge in [-0.2, -0.15) is 0 Å². The van der Waals surface area contributed by atoms with E-state index in [0.717, 1.165) is 23.0 Å². The number of benzene rings is 3. The Morgan fingerprint density at radius 2 is 1.08 bits per heavy atom. The van der Waals surface area contributed by atoms with Gasteiger partial charge in [-0.1, -0.05) is 30.8 Å². The van der Waals surface area contributed by atoms with Crippen LogP contribution in [-0.4, -0.2) is 31.3 Å². The van der Waals surface area contributed by atoms with Crippen LogP contribution in [0.3, 0.4) is 0 Å². The van der Waals surface area contributed by atoms with Gasteiger partial charge >= 0.3 is 17.9 Å². The third kappa shape index (κ3) is 9.81. The van der Waals surface area contributed by atoms with Gasteiger partial charge in [0.2, 0.25) is 6.79 Å². The Bertz CT molecular complexity index is 1200. The minimum atomic E-state index is -0.563. The van der Waals surface area contributed by atoms with Crippen molar-refractivity contribution in [2.75, 3.05) is 13.4 Å². The monoisotopic (exact) mass is 518 g/mol. The average Bonchev–Trinajstić information content (AvgIpc) is 2.93. The number of carbonyl (C=O) groups is 3. The normalized spacial score (nSPS) is 10.2. The predicted octanol–water partition coefficient (Wildman–Crippen LogP) is 5.23. The van der Waals surface area contributed by atoms with Gasteiger partial charge in [-0.05, 0) is 79.4 Å². The van der Waals surface area contributed by atoms with Crippen LogP contribution in [-0.2, 0) is 32.0 Å². The van der Waals surface area contributed by atoms with E-state index in [0.29, 0.717) is 36.7 Å². The molecule has 0 heterocycles. The molecule has 0 radical (unpaired) electrons. The van der Waals surface area contributed by atoms with E-state index in [-0.39, 0.29) is 31.6 Å². The minimum absolute atomic E-state index is 0.180. The molecule has 0 spiro atoms. The molecule has 0 N–H and O–H groups in total. The maximum Gasteiger partial charge on any atom is 0.333 e. The molecule has 8 heteroatoms. The Labute approximate surface area is 221 Å². The van der Waals surface area contributed by atoms with E-state index in [1.54, 1.807) is 36.4 Å². The first kappa shape index (κ1) is 28.0. The first-order valence-corrected chi connectivity index (χ1v) is 12.2. The maximum absolute atomic E-state index is 12.2. The lowest BCUT2D eigenvalue weighted by molar-refractivity contribution is -0.144. The Hall–Kier alpha value is -4.59. The molecule has 0 atom stereocenters. The lowest BCUT2D eigenvalue weighted by Crippen LogP contribution is -2.10. The van der Waals surface area contributed by atoms with Crippen LogP contribution in [0, 0.1) is 0 Å². The van der Waals surface area contributed by atoms with Crippen LogP contribution >= 0.6 is 0 Å².